The van der Waals surface area contributed by atoms with Crippen LogP contribution < -0.4 is 10.5 Å². The van der Waals surface area contributed by atoms with Crippen LogP contribution in [0.2, 0.25) is 0 Å². The lowest BCUT2D eigenvalue weighted by atomic mass is 9.97. The zero-order valence-electron chi connectivity index (χ0n) is 11.5. The number of oxime groups is 1. The molecule has 19 heavy (non-hydrogen) atoms. The number of hydrogen-bond acceptors (Lipinski definition) is 4. The third-order valence-electron chi connectivity index (χ3n) is 3.50. The fourth-order valence-electron chi connectivity index (χ4n) is 2.61. The second kappa shape index (κ2) is 5.91. The van der Waals surface area contributed by atoms with E-state index in [1.54, 1.807) is 0 Å². The highest BCUT2D eigenvalue weighted by atomic mass is 16.5. The Kier molecular flexibility index (Phi) is 4.24. The average molecular weight is 263 g/mol. The lowest BCUT2D eigenvalue weighted by Crippen LogP contribution is -2.23. The zero-order chi connectivity index (χ0) is 13.8. The Hall–Kier alpha value is -1.78. The van der Waals surface area contributed by atoms with Crippen LogP contribution in [0, 0.1) is 13.8 Å². The van der Waals surface area contributed by atoms with Crippen molar-refractivity contribution in [2.45, 2.75) is 52.1 Å². The second-order valence-corrected chi connectivity index (χ2v) is 5.09. The van der Waals surface area contributed by atoms with Gasteiger partial charge in [0.25, 0.3) is 0 Å². The van der Waals surface area contributed by atoms with Crippen molar-refractivity contribution in [2.75, 3.05) is 0 Å². The molecule has 0 aromatic carbocycles. The molecule has 1 aromatic rings. The van der Waals surface area contributed by atoms with E-state index in [4.69, 9.17) is 15.7 Å². The quantitative estimate of drug-likeness (QED) is 0.380. The van der Waals surface area contributed by atoms with Gasteiger partial charge in [-0.2, -0.15) is 0 Å². The van der Waals surface area contributed by atoms with Crippen molar-refractivity contribution >= 4 is 5.84 Å². The minimum atomic E-state index is 0.0517. The number of amidine groups is 1. The van der Waals surface area contributed by atoms with E-state index in [9.17, 15) is 0 Å². The second-order valence-electron chi connectivity index (χ2n) is 5.09. The molecule has 1 aliphatic rings. The Balaban J connectivity index is 2.31. The largest absolute Gasteiger partial charge is 0.490 e. The molecule has 0 amide bonds. The maximum atomic E-state index is 8.89. The highest BCUT2D eigenvalue weighted by Crippen LogP contribution is 2.27. The predicted octanol–water partition coefficient (Wildman–Crippen LogP) is 2.50. The van der Waals surface area contributed by atoms with Crippen LogP contribution >= 0.6 is 0 Å². The molecule has 5 heteroatoms. The molecule has 3 N–H and O–H groups in total. The number of rotatable bonds is 3. The summed E-state index contributed by atoms with van der Waals surface area (Å²) in [5, 5.41) is 12.0. The van der Waals surface area contributed by atoms with Gasteiger partial charge in [0.1, 0.15) is 5.75 Å². The lowest BCUT2D eigenvalue weighted by Gasteiger charge is -2.24. The van der Waals surface area contributed by atoms with Crippen molar-refractivity contribution < 1.29 is 9.94 Å². The summed E-state index contributed by atoms with van der Waals surface area (Å²) in [5.41, 5.74) is 7.92. The monoisotopic (exact) mass is 263 g/mol. The number of hydrogen-bond donors (Lipinski definition) is 2. The van der Waals surface area contributed by atoms with Crippen molar-refractivity contribution in [3.05, 3.63) is 23.0 Å². The highest BCUT2D eigenvalue weighted by Gasteiger charge is 2.20. The van der Waals surface area contributed by atoms with Crippen LogP contribution in [0.25, 0.3) is 0 Å². The fourth-order valence-corrected chi connectivity index (χ4v) is 2.61. The van der Waals surface area contributed by atoms with Crippen LogP contribution in [0.1, 0.15) is 49.1 Å². The number of aryl methyl sites for hydroxylation is 2. The molecule has 0 unspecified atom stereocenters. The molecule has 0 radical (unpaired) electrons. The van der Waals surface area contributed by atoms with Crippen LogP contribution in [-0.2, 0) is 0 Å². The maximum absolute atomic E-state index is 8.89. The van der Waals surface area contributed by atoms with Gasteiger partial charge in [-0.15, -0.1) is 0 Å². The van der Waals surface area contributed by atoms with Gasteiger partial charge in [0.05, 0.1) is 17.4 Å². The Morgan fingerprint density at radius 1 is 1.37 bits per heavy atom. The van der Waals surface area contributed by atoms with E-state index >= 15 is 0 Å². The normalized spacial score (nSPS) is 17.5. The van der Waals surface area contributed by atoms with Crippen molar-refractivity contribution in [3.8, 4) is 5.75 Å². The van der Waals surface area contributed by atoms with Crippen LogP contribution in [0.3, 0.4) is 0 Å². The molecule has 0 saturated heterocycles. The van der Waals surface area contributed by atoms with E-state index in [1.807, 2.05) is 19.9 Å². The van der Waals surface area contributed by atoms with Gasteiger partial charge in [0.2, 0.25) is 0 Å². The Bertz CT molecular complexity index is 480. The summed E-state index contributed by atoms with van der Waals surface area (Å²) in [6.07, 6.45) is 6.03. The molecule has 104 valence electrons. The van der Waals surface area contributed by atoms with E-state index in [-0.39, 0.29) is 11.9 Å². The van der Waals surface area contributed by atoms with Gasteiger partial charge in [-0.05, 0) is 39.5 Å². The molecule has 5 nitrogen and oxygen atoms in total. The van der Waals surface area contributed by atoms with Crippen LogP contribution in [0.4, 0.5) is 0 Å². The number of nitrogens with zero attached hydrogens (tertiary/aromatic N) is 2. The van der Waals surface area contributed by atoms with E-state index in [0.29, 0.717) is 11.3 Å². The third-order valence-corrected chi connectivity index (χ3v) is 3.50. The van der Waals surface area contributed by atoms with Gasteiger partial charge in [-0.1, -0.05) is 11.6 Å². The molecule has 1 aromatic heterocycles. The molecule has 1 saturated carbocycles. The van der Waals surface area contributed by atoms with Crippen molar-refractivity contribution in [1.29, 1.82) is 0 Å². The molecule has 0 atom stereocenters. The molecule has 2 rings (SSSR count). The van der Waals surface area contributed by atoms with Crippen molar-refractivity contribution in [2.24, 2.45) is 10.9 Å². The summed E-state index contributed by atoms with van der Waals surface area (Å²) in [4.78, 5) is 4.34. The van der Waals surface area contributed by atoms with E-state index < -0.39 is 0 Å². The number of pyridine rings is 1. The van der Waals surface area contributed by atoms with E-state index in [2.05, 4.69) is 10.1 Å². The number of aromatic nitrogens is 1. The zero-order valence-corrected chi connectivity index (χ0v) is 11.5. The minimum Gasteiger partial charge on any atom is -0.490 e. The minimum absolute atomic E-state index is 0.0517. The Morgan fingerprint density at radius 2 is 2.05 bits per heavy atom. The van der Waals surface area contributed by atoms with Gasteiger partial charge in [0.15, 0.2) is 5.84 Å². The molecule has 0 bridgehead atoms. The van der Waals surface area contributed by atoms with Gasteiger partial charge in [0, 0.05) is 11.8 Å². The summed E-state index contributed by atoms with van der Waals surface area (Å²) in [6.45, 7) is 3.75. The summed E-state index contributed by atoms with van der Waals surface area (Å²) in [5.74, 6) is 0.725. The SMILES string of the molecule is Cc1cc(OC2CCCCC2)c(/C(N)=N/O)c(C)n1. The smallest absolute Gasteiger partial charge is 0.175 e. The van der Waals surface area contributed by atoms with Crippen LogP contribution in [-0.4, -0.2) is 22.1 Å². The third kappa shape index (κ3) is 3.16. The first-order chi connectivity index (χ1) is 9.11. The number of nitrogens with two attached hydrogens (primary N) is 1. The van der Waals surface area contributed by atoms with E-state index in [0.717, 1.165) is 24.2 Å². The standard InChI is InChI=1S/C14H21N3O2/c1-9-8-12(19-11-6-4-3-5-7-11)13(10(2)16-9)14(15)17-18/h8,11,18H,3-7H2,1-2H3,(H2,15,17). The highest BCUT2D eigenvalue weighted by molar-refractivity contribution is 6.00. The average Bonchev–Trinajstić information content (AvgIpc) is 2.38. The molecular formula is C14H21N3O2. The van der Waals surface area contributed by atoms with Gasteiger partial charge in [-0.3, -0.25) is 4.98 Å². The number of ether oxygens (including phenoxy) is 1. The van der Waals surface area contributed by atoms with Gasteiger partial charge >= 0.3 is 0 Å². The Morgan fingerprint density at radius 3 is 2.68 bits per heavy atom. The summed E-state index contributed by atoms with van der Waals surface area (Å²) in [6, 6.07) is 1.86. The molecular weight excluding hydrogens is 242 g/mol. The van der Waals surface area contributed by atoms with Crippen molar-refractivity contribution in [3.63, 3.8) is 0 Å². The summed E-state index contributed by atoms with van der Waals surface area (Å²) < 4.78 is 6.06. The van der Waals surface area contributed by atoms with E-state index in [1.165, 1.54) is 19.3 Å². The van der Waals surface area contributed by atoms with Crippen LogP contribution in [0.15, 0.2) is 11.2 Å². The molecule has 1 heterocycles. The fraction of sp³-hybridized carbons (Fsp3) is 0.571. The molecule has 0 spiro atoms. The molecule has 0 aliphatic heterocycles. The first kappa shape index (κ1) is 13.6. The molecule has 1 aliphatic carbocycles. The first-order valence-electron chi connectivity index (χ1n) is 6.74. The van der Waals surface area contributed by atoms with Gasteiger partial charge in [-0.25, -0.2) is 0 Å². The van der Waals surface area contributed by atoms with Gasteiger partial charge < -0.3 is 15.7 Å². The maximum Gasteiger partial charge on any atom is 0.175 e. The Labute approximate surface area is 113 Å². The predicted molar refractivity (Wildman–Crippen MR) is 73.7 cm³/mol. The molecule has 1 fully saturated rings. The summed E-state index contributed by atoms with van der Waals surface area (Å²) in [7, 11) is 0. The summed E-state index contributed by atoms with van der Waals surface area (Å²) >= 11 is 0. The van der Waals surface area contributed by atoms with Crippen molar-refractivity contribution in [1.82, 2.24) is 4.98 Å². The first-order valence-corrected chi connectivity index (χ1v) is 6.74. The topological polar surface area (TPSA) is 80.7 Å². The lowest BCUT2D eigenvalue weighted by molar-refractivity contribution is 0.154. The van der Waals surface area contributed by atoms with Crippen LogP contribution in [0.5, 0.6) is 5.75 Å².